The molecule has 0 bridgehead atoms. The predicted octanol–water partition coefficient (Wildman–Crippen LogP) is 4.49. The van der Waals surface area contributed by atoms with Crippen molar-refractivity contribution >= 4 is 61.4 Å². The summed E-state index contributed by atoms with van der Waals surface area (Å²) < 4.78 is 29.7. The highest BCUT2D eigenvalue weighted by atomic mass is 35.5. The van der Waals surface area contributed by atoms with Crippen molar-refractivity contribution < 1.29 is 22.7 Å². The van der Waals surface area contributed by atoms with Gasteiger partial charge in [-0.3, -0.25) is 9.59 Å². The third-order valence-electron chi connectivity index (χ3n) is 4.23. The van der Waals surface area contributed by atoms with Crippen LogP contribution in [0.2, 0.25) is 10.0 Å². The average Bonchev–Trinajstić information content (AvgIpc) is 2.73. The van der Waals surface area contributed by atoms with Crippen LogP contribution in [0, 0.1) is 0 Å². The maximum absolute atomic E-state index is 12.4. The van der Waals surface area contributed by atoms with Gasteiger partial charge in [-0.2, -0.15) is 0 Å². The number of nitrogens with one attached hydrogen (secondary N) is 1. The first-order valence-electron chi connectivity index (χ1n) is 8.87. The van der Waals surface area contributed by atoms with Crippen molar-refractivity contribution in [2.45, 2.75) is 11.3 Å². The number of halogens is 2. The van der Waals surface area contributed by atoms with Gasteiger partial charge in [-0.15, -0.1) is 0 Å². The fourth-order valence-electron chi connectivity index (χ4n) is 2.78. The first-order valence-corrected chi connectivity index (χ1v) is 11.3. The SMILES string of the molecule is O=C(COC(=O)CCS(=O)(=O)c1cc(Cl)ccc1Cl)Nc1cccc2ccccc12. The zero-order chi connectivity index (χ0) is 21.7. The van der Waals surface area contributed by atoms with Crippen molar-refractivity contribution in [1.82, 2.24) is 0 Å². The zero-order valence-corrected chi connectivity index (χ0v) is 17.9. The lowest BCUT2D eigenvalue weighted by atomic mass is 10.1. The van der Waals surface area contributed by atoms with Gasteiger partial charge in [-0.05, 0) is 29.7 Å². The predicted molar refractivity (Wildman–Crippen MR) is 117 cm³/mol. The van der Waals surface area contributed by atoms with E-state index in [1.807, 2.05) is 30.3 Å². The zero-order valence-electron chi connectivity index (χ0n) is 15.6. The van der Waals surface area contributed by atoms with Crippen LogP contribution in [-0.2, 0) is 24.2 Å². The molecule has 156 valence electrons. The molecule has 0 aromatic heterocycles. The van der Waals surface area contributed by atoms with Crippen molar-refractivity contribution in [2.24, 2.45) is 0 Å². The van der Waals surface area contributed by atoms with Gasteiger partial charge in [0, 0.05) is 16.1 Å². The van der Waals surface area contributed by atoms with E-state index in [0.717, 1.165) is 10.8 Å². The number of anilines is 1. The van der Waals surface area contributed by atoms with Gasteiger partial charge in [-0.1, -0.05) is 59.6 Å². The van der Waals surface area contributed by atoms with Crippen molar-refractivity contribution in [1.29, 1.82) is 0 Å². The molecule has 1 N–H and O–H groups in total. The molecule has 0 aliphatic carbocycles. The van der Waals surface area contributed by atoms with Crippen LogP contribution in [0.25, 0.3) is 10.8 Å². The molecule has 0 fully saturated rings. The van der Waals surface area contributed by atoms with Crippen molar-refractivity contribution in [3.63, 3.8) is 0 Å². The Balaban J connectivity index is 1.54. The minimum Gasteiger partial charge on any atom is -0.456 e. The molecule has 0 spiro atoms. The first kappa shape index (κ1) is 22.1. The maximum Gasteiger partial charge on any atom is 0.307 e. The van der Waals surface area contributed by atoms with Crippen LogP contribution in [0.3, 0.4) is 0 Å². The van der Waals surface area contributed by atoms with Crippen LogP contribution >= 0.6 is 23.2 Å². The highest BCUT2D eigenvalue weighted by Gasteiger charge is 2.21. The highest BCUT2D eigenvalue weighted by molar-refractivity contribution is 7.91. The van der Waals surface area contributed by atoms with Crippen LogP contribution in [0.15, 0.2) is 65.6 Å². The second-order valence-corrected chi connectivity index (χ2v) is 9.30. The normalized spacial score (nSPS) is 11.3. The van der Waals surface area contributed by atoms with E-state index >= 15 is 0 Å². The molecule has 9 heteroatoms. The number of rotatable bonds is 7. The largest absolute Gasteiger partial charge is 0.456 e. The van der Waals surface area contributed by atoms with Crippen molar-refractivity contribution in [3.05, 3.63) is 70.7 Å². The molecule has 0 atom stereocenters. The number of benzene rings is 3. The molecule has 3 aromatic carbocycles. The van der Waals surface area contributed by atoms with Crippen LogP contribution in [-0.4, -0.2) is 32.7 Å². The summed E-state index contributed by atoms with van der Waals surface area (Å²) in [5, 5.41) is 4.72. The molecule has 0 saturated carbocycles. The number of ether oxygens (including phenoxy) is 1. The summed E-state index contributed by atoms with van der Waals surface area (Å²) >= 11 is 11.7. The number of carbonyl (C=O) groups is 2. The van der Waals surface area contributed by atoms with E-state index in [1.54, 1.807) is 12.1 Å². The molecule has 3 aromatic rings. The third kappa shape index (κ3) is 5.50. The molecule has 0 heterocycles. The van der Waals surface area contributed by atoms with E-state index in [9.17, 15) is 18.0 Å². The number of sulfone groups is 1. The van der Waals surface area contributed by atoms with Gasteiger partial charge in [0.2, 0.25) is 0 Å². The summed E-state index contributed by atoms with van der Waals surface area (Å²) in [6, 6.07) is 17.0. The smallest absolute Gasteiger partial charge is 0.307 e. The average molecular weight is 466 g/mol. The summed E-state index contributed by atoms with van der Waals surface area (Å²) in [5.74, 6) is -1.86. The van der Waals surface area contributed by atoms with Crippen LogP contribution in [0.1, 0.15) is 6.42 Å². The molecule has 6 nitrogen and oxygen atoms in total. The summed E-state index contributed by atoms with van der Waals surface area (Å²) in [5.41, 5.74) is 0.590. The van der Waals surface area contributed by atoms with Gasteiger partial charge in [-0.25, -0.2) is 8.42 Å². The number of carbonyl (C=O) groups excluding carboxylic acids is 2. The monoisotopic (exact) mass is 465 g/mol. The summed E-state index contributed by atoms with van der Waals surface area (Å²) in [6.45, 7) is -0.528. The van der Waals surface area contributed by atoms with Crippen molar-refractivity contribution in [3.8, 4) is 0 Å². The van der Waals surface area contributed by atoms with Crippen LogP contribution in [0.4, 0.5) is 5.69 Å². The van der Waals surface area contributed by atoms with Gasteiger partial charge < -0.3 is 10.1 Å². The molecule has 0 saturated heterocycles. The Hall–Kier alpha value is -2.61. The lowest BCUT2D eigenvalue weighted by molar-refractivity contribution is -0.146. The van der Waals surface area contributed by atoms with Crippen LogP contribution in [0.5, 0.6) is 0 Å². The van der Waals surface area contributed by atoms with E-state index in [1.165, 1.54) is 18.2 Å². The van der Waals surface area contributed by atoms with E-state index in [0.29, 0.717) is 5.69 Å². The van der Waals surface area contributed by atoms with Gasteiger partial charge in [0.25, 0.3) is 5.91 Å². The van der Waals surface area contributed by atoms with Gasteiger partial charge in [0.05, 0.1) is 22.1 Å². The van der Waals surface area contributed by atoms with Crippen LogP contribution < -0.4 is 5.32 Å². The van der Waals surface area contributed by atoms with E-state index in [2.05, 4.69) is 5.32 Å². The lowest BCUT2D eigenvalue weighted by Gasteiger charge is -2.10. The molecule has 0 aliphatic heterocycles. The molecule has 30 heavy (non-hydrogen) atoms. The fraction of sp³-hybridized carbons (Fsp3) is 0.143. The van der Waals surface area contributed by atoms with Gasteiger partial charge in [0.1, 0.15) is 0 Å². The Kier molecular flexibility index (Phi) is 6.97. The molecule has 1 amide bonds. The summed E-state index contributed by atoms with van der Waals surface area (Å²) in [7, 11) is -3.84. The van der Waals surface area contributed by atoms with E-state index in [4.69, 9.17) is 27.9 Å². The lowest BCUT2D eigenvalue weighted by Crippen LogP contribution is -2.22. The summed E-state index contributed by atoms with van der Waals surface area (Å²) in [4.78, 5) is 23.9. The minimum absolute atomic E-state index is 0.0160. The number of hydrogen-bond acceptors (Lipinski definition) is 5. The van der Waals surface area contributed by atoms with Crippen molar-refractivity contribution in [2.75, 3.05) is 17.7 Å². The summed E-state index contributed by atoms with van der Waals surface area (Å²) in [6.07, 6.45) is -0.424. The molecule has 0 radical (unpaired) electrons. The number of esters is 1. The molecular weight excluding hydrogens is 449 g/mol. The number of hydrogen-bond donors (Lipinski definition) is 1. The topological polar surface area (TPSA) is 89.5 Å². The Morgan fingerprint density at radius 3 is 2.50 bits per heavy atom. The fourth-order valence-corrected chi connectivity index (χ4v) is 4.82. The number of fused-ring (bicyclic) bond motifs is 1. The molecular formula is C21H17Cl2NO5S. The second kappa shape index (κ2) is 9.47. The standard InChI is InChI=1S/C21H17Cl2NO5S/c22-15-8-9-17(23)19(12-15)30(27,28)11-10-21(26)29-13-20(25)24-18-7-3-5-14-4-1-2-6-16(14)18/h1-9,12H,10-11,13H2,(H,24,25). The Bertz CT molecular complexity index is 1210. The Morgan fingerprint density at radius 2 is 1.70 bits per heavy atom. The van der Waals surface area contributed by atoms with Gasteiger partial charge >= 0.3 is 5.97 Å². The Labute approximate surface area is 183 Å². The molecule has 3 rings (SSSR count). The Morgan fingerprint density at radius 1 is 0.967 bits per heavy atom. The second-order valence-electron chi connectivity index (χ2n) is 6.38. The van der Waals surface area contributed by atoms with Gasteiger partial charge in [0.15, 0.2) is 16.4 Å². The molecule has 0 unspecified atom stereocenters. The van der Waals surface area contributed by atoms with E-state index < -0.39 is 40.5 Å². The first-order chi connectivity index (χ1) is 14.3. The maximum atomic E-state index is 12.4. The minimum atomic E-state index is -3.84. The number of amides is 1. The quantitative estimate of drug-likeness (QED) is 0.519. The highest BCUT2D eigenvalue weighted by Crippen LogP contribution is 2.26. The molecule has 0 aliphatic rings. The third-order valence-corrected chi connectivity index (χ3v) is 6.66. The van der Waals surface area contributed by atoms with E-state index in [-0.39, 0.29) is 14.9 Å².